The van der Waals surface area contributed by atoms with E-state index in [9.17, 15) is 14.7 Å². The van der Waals surface area contributed by atoms with Crippen LogP contribution in [0.15, 0.2) is 39.5 Å². The van der Waals surface area contributed by atoms with Crippen molar-refractivity contribution in [2.24, 2.45) is 0 Å². The molecule has 0 unspecified atom stereocenters. The van der Waals surface area contributed by atoms with Gasteiger partial charge in [-0.15, -0.1) is 11.3 Å². The van der Waals surface area contributed by atoms with Crippen LogP contribution in [0.1, 0.15) is 26.5 Å². The van der Waals surface area contributed by atoms with Crippen molar-refractivity contribution in [1.29, 1.82) is 0 Å². The lowest BCUT2D eigenvalue weighted by Gasteiger charge is -2.14. The van der Waals surface area contributed by atoms with Gasteiger partial charge in [-0.1, -0.05) is 20.8 Å². The average molecular weight is 314 g/mol. The predicted octanol–water partition coefficient (Wildman–Crippen LogP) is 1.05. The van der Waals surface area contributed by atoms with Crippen LogP contribution in [-0.2, 0) is 5.41 Å². The lowest BCUT2D eigenvalue weighted by molar-refractivity contribution is -0.602. The molecule has 112 valence electrons. The van der Waals surface area contributed by atoms with Gasteiger partial charge in [-0.3, -0.25) is 9.59 Å². The van der Waals surface area contributed by atoms with E-state index >= 15 is 0 Å². The third kappa shape index (κ3) is 2.25. The second-order valence-electron chi connectivity index (χ2n) is 6.12. The first-order valence-corrected chi connectivity index (χ1v) is 7.65. The first-order valence-electron chi connectivity index (χ1n) is 6.77. The van der Waals surface area contributed by atoms with E-state index in [-0.39, 0.29) is 11.1 Å². The second-order valence-corrected chi connectivity index (χ2v) is 6.98. The monoisotopic (exact) mass is 314 g/mol. The van der Waals surface area contributed by atoms with E-state index < -0.39 is 16.6 Å². The van der Waals surface area contributed by atoms with Crippen molar-refractivity contribution in [2.45, 2.75) is 26.2 Å². The van der Waals surface area contributed by atoms with Crippen LogP contribution in [-0.4, -0.2) is 4.98 Å². The molecule has 2 aromatic heterocycles. The SMILES string of the molecule is CC(C)(C)c1csc(-c2cc[n+](-c3c([O-])c(=O)c3=O)cc2)n1. The molecular weight excluding hydrogens is 300 g/mol. The third-order valence-corrected chi connectivity index (χ3v) is 4.34. The van der Waals surface area contributed by atoms with Crippen LogP contribution in [0.25, 0.3) is 16.3 Å². The van der Waals surface area contributed by atoms with Crippen molar-refractivity contribution >= 4 is 11.3 Å². The zero-order chi connectivity index (χ0) is 16.1. The van der Waals surface area contributed by atoms with Crippen molar-refractivity contribution in [3.8, 4) is 22.0 Å². The Morgan fingerprint density at radius 2 is 1.77 bits per heavy atom. The van der Waals surface area contributed by atoms with Gasteiger partial charge in [0.1, 0.15) is 5.01 Å². The first kappa shape index (κ1) is 14.6. The topological polar surface area (TPSA) is 74.0 Å². The van der Waals surface area contributed by atoms with Gasteiger partial charge in [0.25, 0.3) is 11.1 Å². The highest BCUT2D eigenvalue weighted by atomic mass is 32.1. The van der Waals surface area contributed by atoms with Crippen LogP contribution < -0.4 is 20.5 Å². The van der Waals surface area contributed by atoms with Gasteiger partial charge in [-0.05, 0) is 0 Å². The van der Waals surface area contributed by atoms with Crippen molar-refractivity contribution in [1.82, 2.24) is 4.98 Å². The Morgan fingerprint density at radius 1 is 1.14 bits per heavy atom. The molecule has 6 heteroatoms. The molecule has 3 aromatic rings. The standard InChI is InChI=1S/C16H14N2O3S/c1-16(2,3)10-8-22-15(17-10)9-4-6-18(7-5-9)11-12(19)14(21)13(11)20/h4-8H,1-3H3. The summed E-state index contributed by atoms with van der Waals surface area (Å²) in [7, 11) is 0. The summed E-state index contributed by atoms with van der Waals surface area (Å²) in [5, 5.41) is 14.3. The molecule has 0 atom stereocenters. The second kappa shape index (κ2) is 4.84. The molecule has 0 saturated carbocycles. The van der Waals surface area contributed by atoms with Gasteiger partial charge >= 0.3 is 0 Å². The maximum absolute atomic E-state index is 11.4. The fourth-order valence-electron chi connectivity index (χ4n) is 2.06. The summed E-state index contributed by atoms with van der Waals surface area (Å²) in [6.07, 6.45) is 3.20. The maximum atomic E-state index is 11.4. The highest BCUT2D eigenvalue weighted by Gasteiger charge is 2.23. The van der Waals surface area contributed by atoms with E-state index in [1.54, 1.807) is 35.9 Å². The number of thiazole rings is 1. The molecule has 3 rings (SSSR count). The molecule has 0 aliphatic heterocycles. The zero-order valence-electron chi connectivity index (χ0n) is 12.4. The van der Waals surface area contributed by atoms with E-state index in [0.717, 1.165) is 16.3 Å². The Balaban J connectivity index is 1.94. The summed E-state index contributed by atoms with van der Waals surface area (Å²) < 4.78 is 1.38. The lowest BCUT2D eigenvalue weighted by atomic mass is 9.93. The lowest BCUT2D eigenvalue weighted by Crippen LogP contribution is -2.49. The fourth-order valence-corrected chi connectivity index (χ4v) is 3.11. The minimum Gasteiger partial charge on any atom is -0.865 e. The number of hydrogen-bond donors (Lipinski definition) is 0. The Labute approximate surface area is 130 Å². The van der Waals surface area contributed by atoms with Gasteiger partial charge in [-0.25, -0.2) is 4.98 Å². The van der Waals surface area contributed by atoms with E-state index in [0.29, 0.717) is 0 Å². The number of pyridine rings is 1. The van der Waals surface area contributed by atoms with Gasteiger partial charge < -0.3 is 5.11 Å². The minimum absolute atomic E-state index is 0.00950. The summed E-state index contributed by atoms with van der Waals surface area (Å²) in [6, 6.07) is 3.56. The van der Waals surface area contributed by atoms with Crippen LogP contribution >= 0.6 is 11.3 Å². The normalized spacial score (nSPS) is 12.0. The quantitative estimate of drug-likeness (QED) is 0.523. The molecule has 2 heterocycles. The summed E-state index contributed by atoms with van der Waals surface area (Å²) >= 11 is 1.55. The Morgan fingerprint density at radius 3 is 2.27 bits per heavy atom. The molecular formula is C16H14N2O3S. The number of aromatic nitrogens is 2. The van der Waals surface area contributed by atoms with Crippen LogP contribution in [0.5, 0.6) is 5.75 Å². The van der Waals surface area contributed by atoms with Crippen molar-refractivity contribution in [2.75, 3.05) is 0 Å². The molecule has 0 N–H and O–H groups in total. The molecule has 22 heavy (non-hydrogen) atoms. The van der Waals surface area contributed by atoms with Gasteiger partial charge in [0.05, 0.1) is 5.69 Å². The zero-order valence-corrected chi connectivity index (χ0v) is 13.2. The predicted molar refractivity (Wildman–Crippen MR) is 82.1 cm³/mol. The highest BCUT2D eigenvalue weighted by Crippen LogP contribution is 2.29. The molecule has 1 aromatic carbocycles. The van der Waals surface area contributed by atoms with Crippen LogP contribution in [0, 0.1) is 0 Å². The smallest absolute Gasteiger partial charge is 0.296 e. The van der Waals surface area contributed by atoms with E-state index in [1.165, 1.54) is 4.57 Å². The van der Waals surface area contributed by atoms with E-state index in [2.05, 4.69) is 25.8 Å². The van der Waals surface area contributed by atoms with Crippen LogP contribution in [0.4, 0.5) is 0 Å². The molecule has 0 bridgehead atoms. The van der Waals surface area contributed by atoms with E-state index in [1.807, 2.05) is 5.38 Å². The average Bonchev–Trinajstić information content (AvgIpc) is 2.98. The highest BCUT2D eigenvalue weighted by molar-refractivity contribution is 7.13. The molecule has 0 radical (unpaired) electrons. The van der Waals surface area contributed by atoms with Crippen molar-refractivity contribution < 1.29 is 9.67 Å². The van der Waals surface area contributed by atoms with Gasteiger partial charge in [0, 0.05) is 34.2 Å². The molecule has 0 aliphatic rings. The van der Waals surface area contributed by atoms with E-state index in [4.69, 9.17) is 0 Å². The maximum Gasteiger partial charge on any atom is 0.296 e. The number of rotatable bonds is 2. The van der Waals surface area contributed by atoms with Crippen LogP contribution in [0.3, 0.4) is 0 Å². The van der Waals surface area contributed by atoms with Gasteiger partial charge in [0.2, 0.25) is 5.43 Å². The first-order chi connectivity index (χ1) is 10.3. The summed E-state index contributed by atoms with van der Waals surface area (Å²) in [6.45, 7) is 6.31. The number of nitrogens with zero attached hydrogens (tertiary/aromatic N) is 2. The summed E-state index contributed by atoms with van der Waals surface area (Å²) in [5.74, 6) is -0.730. The fraction of sp³-hybridized carbons (Fsp3) is 0.250. The van der Waals surface area contributed by atoms with Crippen molar-refractivity contribution in [3.63, 3.8) is 0 Å². The summed E-state index contributed by atoms with van der Waals surface area (Å²) in [4.78, 5) is 27.0. The molecule has 0 amide bonds. The van der Waals surface area contributed by atoms with Gasteiger partial charge in [-0.2, -0.15) is 4.57 Å². The summed E-state index contributed by atoms with van der Waals surface area (Å²) in [5.41, 5.74) is 0.153. The van der Waals surface area contributed by atoms with Crippen molar-refractivity contribution in [3.05, 3.63) is 56.0 Å². The molecule has 0 saturated heterocycles. The third-order valence-electron chi connectivity index (χ3n) is 3.45. The molecule has 0 aliphatic carbocycles. The Bertz CT molecular complexity index is 910. The molecule has 0 spiro atoms. The van der Waals surface area contributed by atoms with Crippen LogP contribution in [0.2, 0.25) is 0 Å². The number of hydrogen-bond acceptors (Lipinski definition) is 5. The van der Waals surface area contributed by atoms with Gasteiger partial charge in [0.15, 0.2) is 12.4 Å². The Hall–Kier alpha value is -2.34. The Kier molecular flexibility index (Phi) is 3.21. The molecule has 5 nitrogen and oxygen atoms in total. The largest absolute Gasteiger partial charge is 0.865 e. The minimum atomic E-state index is -0.943. The molecule has 0 fully saturated rings.